The van der Waals surface area contributed by atoms with E-state index in [1.165, 1.54) is 0 Å². The van der Waals surface area contributed by atoms with Crippen LogP contribution in [0.25, 0.3) is 0 Å². The largest absolute Gasteiger partial charge is 0.435 e. The van der Waals surface area contributed by atoms with E-state index in [0.29, 0.717) is 0 Å². The molecule has 0 aromatic rings. The number of carbonyl (C=O) groups is 1. The van der Waals surface area contributed by atoms with Gasteiger partial charge in [-0.3, -0.25) is 4.79 Å². The van der Waals surface area contributed by atoms with Crippen molar-refractivity contribution in [2.45, 2.75) is 70.8 Å². The van der Waals surface area contributed by atoms with Crippen molar-refractivity contribution in [2.24, 2.45) is 5.92 Å². The number of alkyl halides is 3. The molecule has 0 amide bonds. The highest BCUT2D eigenvalue weighted by molar-refractivity contribution is 6.74. The second-order valence-electron chi connectivity index (χ2n) is 7.19. The van der Waals surface area contributed by atoms with Gasteiger partial charge in [-0.2, -0.15) is 13.2 Å². The Hall–Kier alpha value is -0.603. The van der Waals surface area contributed by atoms with Crippen molar-refractivity contribution in [1.82, 2.24) is 0 Å². The second kappa shape index (κ2) is 6.49. The Labute approximate surface area is 130 Å². The van der Waals surface area contributed by atoms with Gasteiger partial charge in [0.1, 0.15) is 5.92 Å². The van der Waals surface area contributed by atoms with Gasteiger partial charge < -0.3 is 13.9 Å². The fourth-order valence-corrected chi connectivity index (χ4v) is 2.96. The molecule has 1 aliphatic rings. The molecule has 1 saturated heterocycles. The van der Waals surface area contributed by atoms with Crippen molar-refractivity contribution in [3.8, 4) is 0 Å². The molecule has 0 N–H and O–H groups in total. The van der Waals surface area contributed by atoms with Gasteiger partial charge in [-0.1, -0.05) is 20.8 Å². The molecule has 0 aromatic heterocycles. The lowest BCUT2D eigenvalue weighted by Gasteiger charge is -2.36. The van der Waals surface area contributed by atoms with Crippen molar-refractivity contribution < 1.29 is 31.9 Å². The third-order valence-electron chi connectivity index (χ3n) is 4.31. The van der Waals surface area contributed by atoms with E-state index in [1.54, 1.807) is 0 Å². The molecule has 1 aliphatic heterocycles. The van der Waals surface area contributed by atoms with Crippen LogP contribution in [0.1, 0.15) is 34.1 Å². The minimum Gasteiger partial charge on any atom is -0.435 e. The van der Waals surface area contributed by atoms with E-state index >= 15 is 0 Å². The van der Waals surface area contributed by atoms with E-state index in [9.17, 15) is 18.0 Å². The van der Waals surface area contributed by atoms with Gasteiger partial charge >= 0.3 is 12.1 Å². The first-order valence-electron chi connectivity index (χ1n) is 7.27. The first-order valence-corrected chi connectivity index (χ1v) is 10.2. The number of halogens is 3. The Morgan fingerprint density at radius 2 is 1.82 bits per heavy atom. The zero-order valence-corrected chi connectivity index (χ0v) is 14.9. The maximum atomic E-state index is 13.0. The van der Waals surface area contributed by atoms with Gasteiger partial charge in [-0.05, 0) is 24.6 Å². The zero-order chi connectivity index (χ0) is 17.3. The van der Waals surface area contributed by atoms with E-state index in [-0.39, 0.29) is 18.1 Å². The molecular weight excluding hydrogens is 317 g/mol. The lowest BCUT2D eigenvalue weighted by atomic mass is 10.0. The van der Waals surface area contributed by atoms with Crippen molar-refractivity contribution in [1.29, 1.82) is 0 Å². The van der Waals surface area contributed by atoms with Crippen LogP contribution >= 0.6 is 0 Å². The normalized spacial score (nSPS) is 27.0. The van der Waals surface area contributed by atoms with Crippen LogP contribution in [0.5, 0.6) is 0 Å². The topological polar surface area (TPSA) is 44.8 Å². The quantitative estimate of drug-likeness (QED) is 0.575. The summed E-state index contributed by atoms with van der Waals surface area (Å²) in [6.45, 7) is 11.3. The monoisotopic (exact) mass is 342 g/mol. The second-order valence-corrected chi connectivity index (χ2v) is 12.0. The first kappa shape index (κ1) is 19.4. The SMILES string of the molecule is CC(=O)O[C@@H]1O[C@H](CO[Si](C)(C)C(C)(C)C)C[C@H]1C(F)(F)F. The third kappa shape index (κ3) is 4.96. The molecule has 130 valence electrons. The minimum absolute atomic E-state index is 0.0374. The summed E-state index contributed by atoms with van der Waals surface area (Å²) < 4.78 is 54.8. The summed E-state index contributed by atoms with van der Waals surface area (Å²) >= 11 is 0. The van der Waals surface area contributed by atoms with Gasteiger partial charge in [-0.15, -0.1) is 0 Å². The van der Waals surface area contributed by atoms with Crippen LogP contribution in [0.15, 0.2) is 0 Å². The Kier molecular flexibility index (Phi) is 5.73. The third-order valence-corrected chi connectivity index (χ3v) is 8.81. The predicted molar refractivity (Wildman–Crippen MR) is 77.7 cm³/mol. The molecule has 8 heteroatoms. The average Bonchev–Trinajstić information content (AvgIpc) is 2.67. The molecule has 4 nitrogen and oxygen atoms in total. The summed E-state index contributed by atoms with van der Waals surface area (Å²) in [7, 11) is -2.06. The molecule has 3 atom stereocenters. The van der Waals surface area contributed by atoms with E-state index in [4.69, 9.17) is 9.16 Å². The molecule has 0 saturated carbocycles. The van der Waals surface area contributed by atoms with Crippen molar-refractivity contribution in [3.05, 3.63) is 0 Å². The van der Waals surface area contributed by atoms with Gasteiger partial charge in [-0.25, -0.2) is 0 Å². The molecule has 0 unspecified atom stereocenters. The average molecular weight is 342 g/mol. The molecule has 0 spiro atoms. The molecule has 0 radical (unpaired) electrons. The molecule has 1 heterocycles. The number of rotatable bonds is 4. The van der Waals surface area contributed by atoms with Crippen LogP contribution in [0.2, 0.25) is 18.1 Å². The van der Waals surface area contributed by atoms with Gasteiger partial charge in [0.2, 0.25) is 6.29 Å². The highest BCUT2D eigenvalue weighted by Crippen LogP contribution is 2.41. The summed E-state index contributed by atoms with van der Waals surface area (Å²) in [6, 6.07) is 0. The summed E-state index contributed by atoms with van der Waals surface area (Å²) in [4.78, 5) is 10.9. The molecule has 22 heavy (non-hydrogen) atoms. The van der Waals surface area contributed by atoms with E-state index < -0.39 is 38.8 Å². The van der Waals surface area contributed by atoms with Crippen LogP contribution in [-0.2, 0) is 18.7 Å². The number of ether oxygens (including phenoxy) is 2. The summed E-state index contributed by atoms with van der Waals surface area (Å²) in [5.41, 5.74) is 0. The Bertz CT molecular complexity index is 404. The molecule has 0 aromatic carbocycles. The van der Waals surface area contributed by atoms with Crippen molar-refractivity contribution >= 4 is 14.3 Å². The maximum absolute atomic E-state index is 13.0. The number of esters is 1. The number of hydrogen-bond donors (Lipinski definition) is 0. The van der Waals surface area contributed by atoms with E-state index in [2.05, 4.69) is 25.5 Å². The zero-order valence-electron chi connectivity index (χ0n) is 13.9. The number of carbonyl (C=O) groups excluding carboxylic acids is 1. The van der Waals surface area contributed by atoms with E-state index in [1.807, 2.05) is 13.1 Å². The standard InChI is InChI=1S/C14H25F3O4Si/c1-9(18)20-12-11(14(15,16)17)7-10(21-12)8-19-22(5,6)13(2,3)4/h10-12H,7-8H2,1-6H3/t10-,11+,12+/m0/s1. The lowest BCUT2D eigenvalue weighted by molar-refractivity contribution is -0.234. The van der Waals surface area contributed by atoms with Crippen LogP contribution < -0.4 is 0 Å². The fourth-order valence-electron chi connectivity index (χ4n) is 1.92. The minimum atomic E-state index is -4.47. The van der Waals surface area contributed by atoms with Crippen molar-refractivity contribution in [3.63, 3.8) is 0 Å². The molecule has 0 bridgehead atoms. The molecule has 1 fully saturated rings. The van der Waals surface area contributed by atoms with Gasteiger partial charge in [0.15, 0.2) is 8.32 Å². The van der Waals surface area contributed by atoms with Gasteiger partial charge in [0.05, 0.1) is 12.7 Å². The van der Waals surface area contributed by atoms with Gasteiger partial charge in [0.25, 0.3) is 0 Å². The lowest BCUT2D eigenvalue weighted by Crippen LogP contribution is -2.42. The van der Waals surface area contributed by atoms with Gasteiger partial charge in [0, 0.05) is 6.92 Å². The highest BCUT2D eigenvalue weighted by Gasteiger charge is 2.53. The Morgan fingerprint density at radius 1 is 1.27 bits per heavy atom. The van der Waals surface area contributed by atoms with Crippen LogP contribution in [0.3, 0.4) is 0 Å². The molecular formula is C14H25F3O4Si. The van der Waals surface area contributed by atoms with Crippen LogP contribution in [0, 0.1) is 5.92 Å². The number of hydrogen-bond acceptors (Lipinski definition) is 4. The van der Waals surface area contributed by atoms with Crippen LogP contribution in [-0.4, -0.2) is 39.5 Å². The Balaban J connectivity index is 2.69. The summed E-state index contributed by atoms with van der Waals surface area (Å²) in [5.74, 6) is -2.59. The smallest absolute Gasteiger partial charge is 0.397 e. The maximum Gasteiger partial charge on any atom is 0.397 e. The summed E-state index contributed by atoms with van der Waals surface area (Å²) in [5, 5.41) is -0.0374. The molecule has 1 rings (SSSR count). The fraction of sp³-hybridized carbons (Fsp3) is 0.929. The predicted octanol–water partition coefficient (Wildman–Crippen LogP) is 3.86. The molecule has 0 aliphatic carbocycles. The Morgan fingerprint density at radius 3 is 2.23 bits per heavy atom. The van der Waals surface area contributed by atoms with E-state index in [0.717, 1.165) is 6.92 Å². The van der Waals surface area contributed by atoms with Crippen molar-refractivity contribution in [2.75, 3.05) is 6.61 Å². The first-order chi connectivity index (χ1) is 9.74. The summed E-state index contributed by atoms with van der Waals surface area (Å²) in [6.07, 6.45) is -7.02. The van der Waals surface area contributed by atoms with Crippen LogP contribution in [0.4, 0.5) is 13.2 Å². The highest BCUT2D eigenvalue weighted by atomic mass is 28.4.